The number of hydrogen-bond acceptors (Lipinski definition) is 4. The molecular formula is C12H19BN2O2. The van der Waals surface area contributed by atoms with Crippen LogP contribution >= 0.6 is 0 Å². The number of rotatable bonds is 5. The molecule has 1 saturated carbocycles. The van der Waals surface area contributed by atoms with Crippen LogP contribution in [0.4, 0.5) is 5.82 Å². The van der Waals surface area contributed by atoms with Crippen LogP contribution in [0.1, 0.15) is 38.3 Å². The summed E-state index contributed by atoms with van der Waals surface area (Å²) in [5, 5.41) is 18.6. The third kappa shape index (κ3) is 2.79. The molecule has 1 heterocycles. The standard InChI is InChI=1S/C12H19BN2O2/c1-3-15(4-2)12-8-10(13(16)17)7-11(14-12)9-5-6-9/h7-9,16-17H,3-6H2,1-2H3. The lowest BCUT2D eigenvalue weighted by Gasteiger charge is -2.21. The molecule has 0 unspecified atom stereocenters. The smallest absolute Gasteiger partial charge is 0.423 e. The molecule has 0 spiro atoms. The highest BCUT2D eigenvalue weighted by Gasteiger charge is 2.27. The molecule has 0 bridgehead atoms. The molecule has 0 saturated heterocycles. The molecule has 92 valence electrons. The zero-order valence-corrected chi connectivity index (χ0v) is 10.4. The molecule has 1 aliphatic carbocycles. The number of hydrogen-bond donors (Lipinski definition) is 2. The molecule has 1 fully saturated rings. The molecule has 17 heavy (non-hydrogen) atoms. The molecule has 0 amide bonds. The van der Waals surface area contributed by atoms with Gasteiger partial charge in [0.25, 0.3) is 0 Å². The average Bonchev–Trinajstić information content (AvgIpc) is 3.14. The van der Waals surface area contributed by atoms with Crippen LogP contribution in [-0.2, 0) is 0 Å². The Bertz CT molecular complexity index is 370. The molecular weight excluding hydrogens is 215 g/mol. The molecule has 0 aromatic carbocycles. The molecule has 0 radical (unpaired) electrons. The van der Waals surface area contributed by atoms with Gasteiger partial charge in [0.1, 0.15) is 5.82 Å². The second-order valence-corrected chi connectivity index (χ2v) is 4.50. The summed E-state index contributed by atoms with van der Waals surface area (Å²) < 4.78 is 0. The molecule has 0 aliphatic heterocycles. The van der Waals surface area contributed by atoms with Crippen molar-refractivity contribution in [2.45, 2.75) is 32.6 Å². The predicted molar refractivity (Wildman–Crippen MR) is 69.6 cm³/mol. The highest BCUT2D eigenvalue weighted by Crippen LogP contribution is 2.39. The Morgan fingerprint density at radius 3 is 2.41 bits per heavy atom. The third-order valence-corrected chi connectivity index (χ3v) is 3.24. The van der Waals surface area contributed by atoms with Crippen LogP contribution in [0.25, 0.3) is 0 Å². The SMILES string of the molecule is CCN(CC)c1cc(B(O)O)cc(C2CC2)n1. The van der Waals surface area contributed by atoms with E-state index >= 15 is 0 Å². The van der Waals surface area contributed by atoms with E-state index in [0.717, 1.165) is 37.4 Å². The Labute approximate surface area is 102 Å². The molecule has 1 aliphatic rings. The van der Waals surface area contributed by atoms with Crippen molar-refractivity contribution >= 4 is 18.4 Å². The number of aromatic nitrogens is 1. The van der Waals surface area contributed by atoms with E-state index in [4.69, 9.17) is 0 Å². The minimum absolute atomic E-state index is 0.517. The number of anilines is 1. The first-order chi connectivity index (χ1) is 8.15. The fourth-order valence-corrected chi connectivity index (χ4v) is 2.01. The fraction of sp³-hybridized carbons (Fsp3) is 0.583. The number of pyridine rings is 1. The highest BCUT2D eigenvalue weighted by atomic mass is 16.4. The Morgan fingerprint density at radius 1 is 1.29 bits per heavy atom. The van der Waals surface area contributed by atoms with Crippen LogP contribution in [0.2, 0.25) is 0 Å². The summed E-state index contributed by atoms with van der Waals surface area (Å²) in [6.45, 7) is 5.89. The first-order valence-corrected chi connectivity index (χ1v) is 6.28. The van der Waals surface area contributed by atoms with Crippen molar-refractivity contribution < 1.29 is 10.0 Å². The first kappa shape index (κ1) is 12.4. The zero-order valence-electron chi connectivity index (χ0n) is 10.4. The van der Waals surface area contributed by atoms with Crippen LogP contribution in [0.15, 0.2) is 12.1 Å². The van der Waals surface area contributed by atoms with Crippen molar-refractivity contribution in [2.24, 2.45) is 0 Å². The lowest BCUT2D eigenvalue weighted by molar-refractivity contribution is 0.425. The molecule has 4 nitrogen and oxygen atoms in total. The minimum atomic E-state index is -1.41. The summed E-state index contributed by atoms with van der Waals surface area (Å²) in [6.07, 6.45) is 2.32. The van der Waals surface area contributed by atoms with Gasteiger partial charge in [-0.15, -0.1) is 0 Å². The maximum absolute atomic E-state index is 9.31. The third-order valence-electron chi connectivity index (χ3n) is 3.24. The molecule has 0 atom stereocenters. The maximum Gasteiger partial charge on any atom is 0.488 e. The summed E-state index contributed by atoms with van der Waals surface area (Å²) in [6, 6.07) is 3.58. The van der Waals surface area contributed by atoms with Crippen LogP contribution in [-0.4, -0.2) is 35.2 Å². The van der Waals surface area contributed by atoms with Gasteiger partial charge in [0, 0.05) is 24.7 Å². The highest BCUT2D eigenvalue weighted by molar-refractivity contribution is 6.58. The zero-order chi connectivity index (χ0) is 12.4. The van der Waals surface area contributed by atoms with E-state index < -0.39 is 7.12 Å². The van der Waals surface area contributed by atoms with Crippen LogP contribution in [0.3, 0.4) is 0 Å². The van der Waals surface area contributed by atoms with Gasteiger partial charge in [0.05, 0.1) is 0 Å². The van der Waals surface area contributed by atoms with E-state index in [1.54, 1.807) is 6.07 Å². The second-order valence-electron chi connectivity index (χ2n) is 4.50. The van der Waals surface area contributed by atoms with E-state index in [9.17, 15) is 10.0 Å². The normalized spacial score (nSPS) is 14.8. The predicted octanol–water partition coefficient (Wildman–Crippen LogP) is 0.485. The summed E-state index contributed by atoms with van der Waals surface area (Å²) in [7, 11) is -1.41. The van der Waals surface area contributed by atoms with Gasteiger partial charge in [0.2, 0.25) is 0 Å². The summed E-state index contributed by atoms with van der Waals surface area (Å²) in [4.78, 5) is 6.75. The minimum Gasteiger partial charge on any atom is -0.423 e. The van der Waals surface area contributed by atoms with E-state index in [2.05, 4.69) is 23.7 Å². The quantitative estimate of drug-likeness (QED) is 0.728. The summed E-state index contributed by atoms with van der Waals surface area (Å²) >= 11 is 0. The van der Waals surface area contributed by atoms with E-state index in [1.807, 2.05) is 6.07 Å². The van der Waals surface area contributed by atoms with Gasteiger partial charge in [-0.2, -0.15) is 0 Å². The Morgan fingerprint density at radius 2 is 1.94 bits per heavy atom. The van der Waals surface area contributed by atoms with Crippen molar-refractivity contribution in [2.75, 3.05) is 18.0 Å². The Hall–Kier alpha value is -1.07. The monoisotopic (exact) mass is 234 g/mol. The van der Waals surface area contributed by atoms with Crippen molar-refractivity contribution in [1.29, 1.82) is 0 Å². The van der Waals surface area contributed by atoms with Gasteiger partial charge >= 0.3 is 7.12 Å². The van der Waals surface area contributed by atoms with Crippen molar-refractivity contribution in [3.8, 4) is 0 Å². The second kappa shape index (κ2) is 5.06. The fourth-order valence-electron chi connectivity index (χ4n) is 2.01. The molecule has 5 heteroatoms. The topological polar surface area (TPSA) is 56.6 Å². The van der Waals surface area contributed by atoms with Crippen LogP contribution < -0.4 is 10.4 Å². The van der Waals surface area contributed by atoms with E-state index in [-0.39, 0.29) is 0 Å². The van der Waals surface area contributed by atoms with Gasteiger partial charge in [-0.1, -0.05) is 0 Å². The lowest BCUT2D eigenvalue weighted by atomic mass is 9.80. The van der Waals surface area contributed by atoms with Crippen molar-refractivity contribution in [1.82, 2.24) is 4.98 Å². The lowest BCUT2D eigenvalue weighted by Crippen LogP contribution is -2.33. The van der Waals surface area contributed by atoms with Crippen molar-refractivity contribution in [3.05, 3.63) is 17.8 Å². The van der Waals surface area contributed by atoms with E-state index in [0.29, 0.717) is 11.4 Å². The van der Waals surface area contributed by atoms with Crippen LogP contribution in [0.5, 0.6) is 0 Å². The van der Waals surface area contributed by atoms with Gasteiger partial charge in [-0.25, -0.2) is 4.98 Å². The summed E-state index contributed by atoms with van der Waals surface area (Å²) in [5.41, 5.74) is 1.54. The molecule has 1 aromatic rings. The maximum atomic E-state index is 9.31. The Kier molecular flexibility index (Phi) is 3.69. The Balaban J connectivity index is 2.36. The molecule has 2 N–H and O–H groups in total. The van der Waals surface area contributed by atoms with E-state index in [1.165, 1.54) is 0 Å². The first-order valence-electron chi connectivity index (χ1n) is 6.28. The average molecular weight is 234 g/mol. The molecule has 2 rings (SSSR count). The van der Waals surface area contributed by atoms with Crippen LogP contribution in [0, 0.1) is 0 Å². The van der Waals surface area contributed by atoms with Crippen molar-refractivity contribution in [3.63, 3.8) is 0 Å². The van der Waals surface area contributed by atoms with Gasteiger partial charge < -0.3 is 14.9 Å². The van der Waals surface area contributed by atoms with Gasteiger partial charge in [-0.3, -0.25) is 0 Å². The largest absolute Gasteiger partial charge is 0.488 e. The summed E-state index contributed by atoms with van der Waals surface area (Å²) in [5.74, 6) is 1.37. The molecule has 1 aromatic heterocycles. The van der Waals surface area contributed by atoms with Gasteiger partial charge in [0.15, 0.2) is 0 Å². The number of nitrogens with zero attached hydrogens (tertiary/aromatic N) is 2. The van der Waals surface area contributed by atoms with Gasteiger partial charge in [-0.05, 0) is 44.3 Å².